The third-order valence-electron chi connectivity index (χ3n) is 6.08. The summed E-state index contributed by atoms with van der Waals surface area (Å²) in [5.41, 5.74) is 0.351. The number of nitro benzene ring substituents is 1. The summed E-state index contributed by atoms with van der Waals surface area (Å²) in [6, 6.07) is 20.0. The van der Waals surface area contributed by atoms with Crippen molar-refractivity contribution in [3.8, 4) is 0 Å². The minimum atomic E-state index is -4.07. The van der Waals surface area contributed by atoms with Gasteiger partial charge in [-0.2, -0.15) is 0 Å². The molecule has 218 valence electrons. The highest BCUT2D eigenvalue weighted by Crippen LogP contribution is 2.25. The molecule has 0 unspecified atom stereocenters. The van der Waals surface area contributed by atoms with Gasteiger partial charge in [-0.1, -0.05) is 66.2 Å². The molecule has 2 amide bonds. The van der Waals surface area contributed by atoms with Crippen LogP contribution in [-0.2, 0) is 32.6 Å². The first kappa shape index (κ1) is 31.6. The maximum absolute atomic E-state index is 14.1. The molecule has 0 heterocycles. The van der Waals surface area contributed by atoms with Crippen molar-refractivity contribution in [3.05, 3.63) is 105 Å². The monoisotopic (exact) mass is 600 g/mol. The number of carbonyl (C=O) groups is 2. The SMILES string of the molecule is CC(C)(C)NC(=O)[C@@H](Cc1ccccc1)N(Cc1ccccc1Cl)C(=O)CN(c1cccc([N+](=O)[O-])c1)S(C)(=O)=O. The van der Waals surface area contributed by atoms with Crippen molar-refractivity contribution in [1.82, 2.24) is 10.2 Å². The summed E-state index contributed by atoms with van der Waals surface area (Å²) in [5, 5.41) is 14.7. The number of nitro groups is 1. The van der Waals surface area contributed by atoms with Crippen LogP contribution >= 0.6 is 11.6 Å². The number of nitrogens with one attached hydrogen (secondary N) is 1. The number of halogens is 1. The van der Waals surface area contributed by atoms with Gasteiger partial charge in [0.15, 0.2) is 0 Å². The van der Waals surface area contributed by atoms with Crippen molar-refractivity contribution in [2.24, 2.45) is 0 Å². The van der Waals surface area contributed by atoms with Crippen LogP contribution in [0.25, 0.3) is 0 Å². The predicted octanol–water partition coefficient (Wildman–Crippen LogP) is 4.57. The lowest BCUT2D eigenvalue weighted by Gasteiger charge is -2.35. The number of anilines is 1. The molecule has 0 spiro atoms. The Hall–Kier alpha value is -3.96. The van der Waals surface area contributed by atoms with E-state index in [1.807, 2.05) is 51.1 Å². The van der Waals surface area contributed by atoms with E-state index in [0.29, 0.717) is 10.6 Å². The fourth-order valence-corrected chi connectivity index (χ4v) is 5.23. The Morgan fingerprint density at radius 1 is 1.00 bits per heavy atom. The molecule has 0 bridgehead atoms. The molecule has 0 aliphatic carbocycles. The van der Waals surface area contributed by atoms with E-state index >= 15 is 0 Å². The molecule has 0 saturated carbocycles. The van der Waals surface area contributed by atoms with Crippen LogP contribution in [0.3, 0.4) is 0 Å². The van der Waals surface area contributed by atoms with Gasteiger partial charge in [-0.15, -0.1) is 0 Å². The molecule has 0 aliphatic rings. The highest BCUT2D eigenvalue weighted by molar-refractivity contribution is 7.92. The summed E-state index contributed by atoms with van der Waals surface area (Å²) in [7, 11) is -4.07. The molecule has 1 atom stereocenters. The fraction of sp³-hybridized carbons (Fsp3) is 0.310. The first-order valence-electron chi connectivity index (χ1n) is 12.8. The van der Waals surface area contributed by atoms with Crippen LogP contribution in [0.5, 0.6) is 0 Å². The van der Waals surface area contributed by atoms with Gasteiger partial charge in [-0.05, 0) is 44.0 Å². The van der Waals surface area contributed by atoms with Crippen LogP contribution in [-0.4, -0.2) is 54.4 Å². The lowest BCUT2D eigenvalue weighted by molar-refractivity contribution is -0.384. The lowest BCUT2D eigenvalue weighted by atomic mass is 10.0. The third kappa shape index (κ3) is 9.02. The summed E-state index contributed by atoms with van der Waals surface area (Å²) < 4.78 is 26.5. The molecule has 1 N–H and O–H groups in total. The zero-order chi connectivity index (χ0) is 30.4. The maximum atomic E-state index is 14.1. The van der Waals surface area contributed by atoms with E-state index in [2.05, 4.69) is 5.32 Å². The molecule has 12 heteroatoms. The second kappa shape index (κ2) is 13.1. The number of rotatable bonds is 11. The average molecular weight is 601 g/mol. The van der Waals surface area contributed by atoms with E-state index in [1.165, 1.54) is 23.1 Å². The van der Waals surface area contributed by atoms with Crippen LogP contribution in [0.15, 0.2) is 78.9 Å². The van der Waals surface area contributed by atoms with Crippen molar-refractivity contribution in [1.29, 1.82) is 0 Å². The topological polar surface area (TPSA) is 130 Å². The molecule has 3 rings (SSSR count). The number of non-ortho nitro benzene ring substituents is 1. The van der Waals surface area contributed by atoms with E-state index in [0.717, 1.165) is 22.2 Å². The Balaban J connectivity index is 2.10. The Morgan fingerprint density at radius 2 is 1.63 bits per heavy atom. The quantitative estimate of drug-likeness (QED) is 0.253. The van der Waals surface area contributed by atoms with Crippen molar-refractivity contribution in [2.75, 3.05) is 17.1 Å². The van der Waals surface area contributed by atoms with Gasteiger partial charge in [0.05, 0.1) is 16.9 Å². The van der Waals surface area contributed by atoms with Crippen LogP contribution in [0.2, 0.25) is 5.02 Å². The van der Waals surface area contributed by atoms with Gasteiger partial charge < -0.3 is 10.2 Å². The highest BCUT2D eigenvalue weighted by atomic mass is 35.5. The van der Waals surface area contributed by atoms with Gasteiger partial charge in [0.25, 0.3) is 5.69 Å². The van der Waals surface area contributed by atoms with E-state index < -0.39 is 44.9 Å². The number of sulfonamides is 1. The molecule has 0 aromatic heterocycles. The lowest BCUT2D eigenvalue weighted by Crippen LogP contribution is -2.56. The molecule has 3 aromatic rings. The Morgan fingerprint density at radius 3 is 2.22 bits per heavy atom. The molecular weight excluding hydrogens is 568 g/mol. The molecule has 3 aromatic carbocycles. The van der Waals surface area contributed by atoms with Crippen LogP contribution in [0.1, 0.15) is 31.9 Å². The second-order valence-corrected chi connectivity index (χ2v) is 12.9. The minimum absolute atomic E-state index is 0.0495. The van der Waals surface area contributed by atoms with Crippen LogP contribution in [0, 0.1) is 10.1 Å². The zero-order valence-corrected chi connectivity index (χ0v) is 24.9. The molecule has 0 saturated heterocycles. The van der Waals surface area contributed by atoms with E-state index in [4.69, 9.17) is 11.6 Å². The van der Waals surface area contributed by atoms with Gasteiger partial charge in [-0.3, -0.25) is 24.0 Å². The first-order chi connectivity index (χ1) is 19.2. The summed E-state index contributed by atoms with van der Waals surface area (Å²) in [6.45, 7) is 4.67. The van der Waals surface area contributed by atoms with E-state index in [-0.39, 0.29) is 24.3 Å². The van der Waals surface area contributed by atoms with Gasteiger partial charge >= 0.3 is 0 Å². The van der Waals surface area contributed by atoms with E-state index in [9.17, 15) is 28.1 Å². The minimum Gasteiger partial charge on any atom is -0.350 e. The molecule has 0 aliphatic heterocycles. The smallest absolute Gasteiger partial charge is 0.271 e. The summed E-state index contributed by atoms with van der Waals surface area (Å²) >= 11 is 6.44. The molecule has 0 fully saturated rings. The third-order valence-corrected chi connectivity index (χ3v) is 7.58. The number of amides is 2. The maximum Gasteiger partial charge on any atom is 0.271 e. The summed E-state index contributed by atoms with van der Waals surface area (Å²) in [4.78, 5) is 39.8. The number of carbonyl (C=O) groups excluding carboxylic acids is 2. The van der Waals surface area contributed by atoms with Crippen molar-refractivity contribution < 1.29 is 22.9 Å². The first-order valence-corrected chi connectivity index (χ1v) is 15.0. The van der Waals surface area contributed by atoms with Gasteiger partial charge in [-0.25, -0.2) is 8.42 Å². The Kier molecular flexibility index (Phi) is 10.1. The molecule has 10 nitrogen and oxygen atoms in total. The second-order valence-electron chi connectivity index (χ2n) is 10.6. The van der Waals surface area contributed by atoms with Gasteiger partial charge in [0, 0.05) is 35.7 Å². The summed E-state index contributed by atoms with van der Waals surface area (Å²) in [5.74, 6) is -1.12. The largest absolute Gasteiger partial charge is 0.350 e. The predicted molar refractivity (Wildman–Crippen MR) is 159 cm³/mol. The Bertz CT molecular complexity index is 1510. The number of hydrogen-bond donors (Lipinski definition) is 1. The van der Waals surface area contributed by atoms with Crippen LogP contribution in [0.4, 0.5) is 11.4 Å². The number of hydrogen-bond acceptors (Lipinski definition) is 6. The standard InChI is InChI=1S/C29H33ClN4O6S/c1-29(2,3)31-28(36)26(17-21-11-6-5-7-12-21)32(19-22-13-8-9-16-25(22)30)27(35)20-33(41(4,39)40)23-14-10-15-24(18-23)34(37)38/h5-16,18,26H,17,19-20H2,1-4H3,(H,31,36)/t26-/m1/s1. The zero-order valence-electron chi connectivity index (χ0n) is 23.3. The van der Waals surface area contributed by atoms with Crippen molar-refractivity contribution in [3.63, 3.8) is 0 Å². The molecule has 41 heavy (non-hydrogen) atoms. The van der Waals surface area contributed by atoms with E-state index in [1.54, 1.807) is 24.3 Å². The number of nitrogens with zero attached hydrogens (tertiary/aromatic N) is 3. The summed E-state index contributed by atoms with van der Waals surface area (Å²) in [6.07, 6.45) is 1.06. The van der Waals surface area contributed by atoms with Gasteiger partial charge in [0.2, 0.25) is 21.8 Å². The number of benzene rings is 3. The van der Waals surface area contributed by atoms with Crippen LogP contribution < -0.4 is 9.62 Å². The van der Waals surface area contributed by atoms with Crippen molar-refractivity contribution >= 4 is 44.8 Å². The fourth-order valence-electron chi connectivity index (χ4n) is 4.19. The van der Waals surface area contributed by atoms with Crippen molar-refractivity contribution in [2.45, 2.75) is 45.3 Å². The normalized spacial score (nSPS) is 12.3. The van der Waals surface area contributed by atoms with Gasteiger partial charge in [0.1, 0.15) is 12.6 Å². The molecule has 0 radical (unpaired) electrons. The Labute approximate surface area is 245 Å². The average Bonchev–Trinajstić information content (AvgIpc) is 2.89. The molecular formula is C29H33ClN4O6S. The highest BCUT2D eigenvalue weighted by Gasteiger charge is 2.34.